The zero-order chi connectivity index (χ0) is 10.6. The third-order valence-electron chi connectivity index (χ3n) is 3.02. The quantitative estimate of drug-likeness (QED) is 0.821. The van der Waals surface area contributed by atoms with Crippen LogP contribution in [0.15, 0.2) is 30.3 Å². The van der Waals surface area contributed by atoms with E-state index in [1.165, 1.54) is 5.56 Å². The highest BCUT2D eigenvalue weighted by Gasteiger charge is 2.29. The normalized spacial score (nSPS) is 26.5. The average Bonchev–Trinajstić information content (AvgIpc) is 2.29. The van der Waals surface area contributed by atoms with Gasteiger partial charge in [-0.15, -0.1) is 0 Å². The minimum atomic E-state index is -0.589. The minimum Gasteiger partial charge on any atom is -0.387 e. The lowest BCUT2D eigenvalue weighted by atomic mass is 9.90. The molecule has 0 amide bonds. The van der Waals surface area contributed by atoms with Crippen molar-refractivity contribution in [3.05, 3.63) is 35.9 Å². The number of hydrogen-bond donors (Lipinski definition) is 1. The molecule has 1 aromatic rings. The fourth-order valence-corrected chi connectivity index (χ4v) is 2.06. The molecule has 0 bridgehead atoms. The molecule has 1 aromatic carbocycles. The van der Waals surface area contributed by atoms with Gasteiger partial charge in [-0.3, -0.25) is 0 Å². The summed E-state index contributed by atoms with van der Waals surface area (Å²) in [6, 6.07) is 10.3. The Hall–Kier alpha value is -0.860. The Labute approximate surface area is 90.9 Å². The Morgan fingerprint density at radius 1 is 1.27 bits per heavy atom. The summed E-state index contributed by atoms with van der Waals surface area (Å²) in [6.45, 7) is 1.30. The Morgan fingerprint density at radius 3 is 2.73 bits per heavy atom. The van der Waals surface area contributed by atoms with Gasteiger partial charge in [0.25, 0.3) is 0 Å². The summed E-state index contributed by atoms with van der Waals surface area (Å²) in [4.78, 5) is 0. The lowest BCUT2D eigenvalue weighted by Crippen LogP contribution is -2.38. The molecule has 1 heterocycles. The first kappa shape index (κ1) is 10.7. The van der Waals surface area contributed by atoms with E-state index in [9.17, 15) is 5.11 Å². The average molecular weight is 206 g/mol. The maximum atomic E-state index is 10.2. The summed E-state index contributed by atoms with van der Waals surface area (Å²) < 4.78 is 5.32. The lowest BCUT2D eigenvalue weighted by molar-refractivity contribution is -0.0893. The SMILES string of the molecule is OC1(CCc2ccccc2)CCCOC1. The number of ether oxygens (including phenoxy) is 1. The van der Waals surface area contributed by atoms with Gasteiger partial charge in [0.1, 0.15) is 0 Å². The monoisotopic (exact) mass is 206 g/mol. The molecular formula is C13H18O2. The van der Waals surface area contributed by atoms with E-state index >= 15 is 0 Å². The van der Waals surface area contributed by atoms with Crippen LogP contribution in [-0.4, -0.2) is 23.9 Å². The van der Waals surface area contributed by atoms with E-state index in [1.807, 2.05) is 18.2 Å². The molecule has 2 heteroatoms. The fourth-order valence-electron chi connectivity index (χ4n) is 2.06. The molecule has 1 atom stereocenters. The topological polar surface area (TPSA) is 29.5 Å². The van der Waals surface area contributed by atoms with E-state index in [-0.39, 0.29) is 0 Å². The fraction of sp³-hybridized carbons (Fsp3) is 0.538. The Morgan fingerprint density at radius 2 is 2.07 bits per heavy atom. The van der Waals surface area contributed by atoms with Crippen LogP contribution in [0, 0.1) is 0 Å². The van der Waals surface area contributed by atoms with Crippen LogP contribution in [0.25, 0.3) is 0 Å². The molecule has 2 nitrogen and oxygen atoms in total. The van der Waals surface area contributed by atoms with Gasteiger partial charge < -0.3 is 9.84 Å². The van der Waals surface area contributed by atoms with Gasteiger partial charge in [-0.2, -0.15) is 0 Å². The molecule has 2 rings (SSSR count). The highest BCUT2D eigenvalue weighted by atomic mass is 16.5. The zero-order valence-corrected chi connectivity index (χ0v) is 8.98. The van der Waals surface area contributed by atoms with Crippen LogP contribution in [0.5, 0.6) is 0 Å². The number of aliphatic hydroxyl groups is 1. The van der Waals surface area contributed by atoms with Crippen LogP contribution in [0.1, 0.15) is 24.8 Å². The molecule has 0 aliphatic carbocycles. The van der Waals surface area contributed by atoms with E-state index in [4.69, 9.17) is 4.74 Å². The zero-order valence-electron chi connectivity index (χ0n) is 8.98. The summed E-state index contributed by atoms with van der Waals surface area (Å²) in [5.41, 5.74) is 0.699. The van der Waals surface area contributed by atoms with Crippen LogP contribution in [0.4, 0.5) is 0 Å². The molecule has 15 heavy (non-hydrogen) atoms. The third kappa shape index (κ3) is 3.05. The van der Waals surface area contributed by atoms with Crippen LogP contribution in [0.3, 0.4) is 0 Å². The standard InChI is InChI=1S/C13H18O2/c14-13(8-4-10-15-11-13)9-7-12-5-2-1-3-6-12/h1-3,5-6,14H,4,7-11H2. The smallest absolute Gasteiger partial charge is 0.0884 e. The van der Waals surface area contributed by atoms with Gasteiger partial charge in [0, 0.05) is 6.61 Å². The molecule has 1 N–H and O–H groups in total. The van der Waals surface area contributed by atoms with Crippen LogP contribution >= 0.6 is 0 Å². The summed E-state index contributed by atoms with van der Waals surface area (Å²) in [7, 11) is 0. The van der Waals surface area contributed by atoms with Crippen molar-refractivity contribution in [3.63, 3.8) is 0 Å². The van der Waals surface area contributed by atoms with Gasteiger partial charge in [-0.05, 0) is 31.2 Å². The number of rotatable bonds is 3. The molecule has 1 fully saturated rings. The molecule has 1 aliphatic rings. The van der Waals surface area contributed by atoms with Crippen molar-refractivity contribution >= 4 is 0 Å². The van der Waals surface area contributed by atoms with Crippen LogP contribution in [0.2, 0.25) is 0 Å². The molecule has 0 radical (unpaired) electrons. The highest BCUT2D eigenvalue weighted by molar-refractivity contribution is 5.15. The second kappa shape index (κ2) is 4.77. The van der Waals surface area contributed by atoms with Crippen molar-refractivity contribution in [2.45, 2.75) is 31.3 Å². The summed E-state index contributed by atoms with van der Waals surface area (Å²) in [5, 5.41) is 10.2. The van der Waals surface area contributed by atoms with E-state index in [1.54, 1.807) is 0 Å². The van der Waals surface area contributed by atoms with Crippen molar-refractivity contribution in [3.8, 4) is 0 Å². The van der Waals surface area contributed by atoms with E-state index in [0.717, 1.165) is 32.3 Å². The first-order chi connectivity index (χ1) is 7.29. The minimum absolute atomic E-state index is 0.500. The molecular weight excluding hydrogens is 188 g/mol. The van der Waals surface area contributed by atoms with Crippen molar-refractivity contribution in [2.75, 3.05) is 13.2 Å². The third-order valence-corrected chi connectivity index (χ3v) is 3.02. The number of aryl methyl sites for hydroxylation is 1. The Balaban J connectivity index is 1.87. The molecule has 0 aromatic heterocycles. The van der Waals surface area contributed by atoms with E-state index in [0.29, 0.717) is 6.61 Å². The van der Waals surface area contributed by atoms with Gasteiger partial charge in [0.05, 0.1) is 12.2 Å². The maximum absolute atomic E-state index is 10.2. The second-order valence-corrected chi connectivity index (χ2v) is 4.37. The first-order valence-electron chi connectivity index (χ1n) is 5.63. The molecule has 0 spiro atoms. The molecule has 1 unspecified atom stereocenters. The second-order valence-electron chi connectivity index (χ2n) is 4.37. The Bertz CT molecular complexity index is 289. The predicted octanol–water partition coefficient (Wildman–Crippen LogP) is 2.16. The lowest BCUT2D eigenvalue weighted by Gasteiger charge is -2.31. The van der Waals surface area contributed by atoms with Crippen molar-refractivity contribution in [2.24, 2.45) is 0 Å². The largest absolute Gasteiger partial charge is 0.387 e. The van der Waals surface area contributed by atoms with Crippen molar-refractivity contribution in [1.29, 1.82) is 0 Å². The maximum Gasteiger partial charge on any atom is 0.0884 e. The molecule has 1 saturated heterocycles. The highest BCUT2D eigenvalue weighted by Crippen LogP contribution is 2.24. The molecule has 0 saturated carbocycles. The summed E-state index contributed by atoms with van der Waals surface area (Å²) in [5.74, 6) is 0. The summed E-state index contributed by atoms with van der Waals surface area (Å²) >= 11 is 0. The van der Waals surface area contributed by atoms with Gasteiger partial charge >= 0.3 is 0 Å². The number of hydrogen-bond acceptors (Lipinski definition) is 2. The van der Waals surface area contributed by atoms with Crippen LogP contribution < -0.4 is 0 Å². The number of benzene rings is 1. The molecule has 1 aliphatic heterocycles. The van der Waals surface area contributed by atoms with E-state index in [2.05, 4.69) is 12.1 Å². The van der Waals surface area contributed by atoms with Crippen LogP contribution in [-0.2, 0) is 11.2 Å². The first-order valence-corrected chi connectivity index (χ1v) is 5.63. The van der Waals surface area contributed by atoms with Crippen molar-refractivity contribution in [1.82, 2.24) is 0 Å². The van der Waals surface area contributed by atoms with Gasteiger partial charge in [0.2, 0.25) is 0 Å². The Kier molecular flexibility index (Phi) is 3.39. The van der Waals surface area contributed by atoms with Gasteiger partial charge in [-0.1, -0.05) is 30.3 Å². The van der Waals surface area contributed by atoms with Gasteiger partial charge in [-0.25, -0.2) is 0 Å². The molecule has 82 valence electrons. The predicted molar refractivity (Wildman–Crippen MR) is 59.8 cm³/mol. The summed E-state index contributed by atoms with van der Waals surface area (Å²) in [6.07, 6.45) is 3.59. The van der Waals surface area contributed by atoms with Crippen molar-refractivity contribution < 1.29 is 9.84 Å². The van der Waals surface area contributed by atoms with E-state index < -0.39 is 5.60 Å². The van der Waals surface area contributed by atoms with Gasteiger partial charge in [0.15, 0.2) is 0 Å².